The number of nitrogens with one attached hydrogen (secondary N) is 2. The van der Waals surface area contributed by atoms with E-state index in [1.54, 1.807) is 12.1 Å². The largest absolute Gasteiger partial charge is 0.490 e. The zero-order valence-electron chi connectivity index (χ0n) is 15.2. The molecule has 2 amide bonds. The van der Waals surface area contributed by atoms with Crippen LogP contribution in [0.3, 0.4) is 0 Å². The van der Waals surface area contributed by atoms with Crippen molar-refractivity contribution in [3.8, 4) is 5.75 Å². The lowest BCUT2D eigenvalue weighted by atomic mass is 10.2. The maximum absolute atomic E-state index is 12.1. The summed E-state index contributed by atoms with van der Waals surface area (Å²) < 4.78 is 5.94. The van der Waals surface area contributed by atoms with Crippen molar-refractivity contribution in [2.75, 3.05) is 11.9 Å². The Balaban J connectivity index is 1.44. The van der Waals surface area contributed by atoms with Crippen molar-refractivity contribution in [1.82, 2.24) is 5.32 Å². The lowest BCUT2D eigenvalue weighted by Crippen LogP contribution is -2.31. The van der Waals surface area contributed by atoms with E-state index in [-0.39, 0.29) is 24.5 Å². The molecule has 2 aromatic carbocycles. The highest BCUT2D eigenvalue weighted by atomic mass is 16.5. The smallest absolute Gasteiger partial charge is 0.244 e. The summed E-state index contributed by atoms with van der Waals surface area (Å²) in [4.78, 5) is 23.9. The highest BCUT2D eigenvalue weighted by Gasteiger charge is 2.16. The monoisotopic (exact) mass is 364 g/mol. The maximum Gasteiger partial charge on any atom is 0.244 e. The van der Waals surface area contributed by atoms with Gasteiger partial charge >= 0.3 is 0 Å². The summed E-state index contributed by atoms with van der Waals surface area (Å²) in [5, 5.41) is 5.36. The summed E-state index contributed by atoms with van der Waals surface area (Å²) in [6, 6.07) is 16.9. The summed E-state index contributed by atoms with van der Waals surface area (Å²) >= 11 is 0. The second-order valence-electron chi connectivity index (χ2n) is 6.56. The molecular weight excluding hydrogens is 340 g/mol. The fourth-order valence-corrected chi connectivity index (χ4v) is 3.01. The van der Waals surface area contributed by atoms with Gasteiger partial charge in [-0.15, -0.1) is 0 Å². The van der Waals surface area contributed by atoms with E-state index < -0.39 is 0 Å². The van der Waals surface area contributed by atoms with Crippen LogP contribution in [0.2, 0.25) is 0 Å². The number of hydrogen-bond donors (Lipinski definition) is 2. The quantitative estimate of drug-likeness (QED) is 0.735. The number of carbonyl (C=O) groups excluding carboxylic acids is 2. The van der Waals surface area contributed by atoms with Crippen molar-refractivity contribution in [3.05, 3.63) is 66.2 Å². The van der Waals surface area contributed by atoms with Crippen LogP contribution in [0.4, 0.5) is 5.69 Å². The van der Waals surface area contributed by atoms with Crippen molar-refractivity contribution in [2.45, 2.75) is 31.8 Å². The van der Waals surface area contributed by atoms with Crippen LogP contribution < -0.4 is 15.4 Å². The SMILES string of the molecule is O=C(/C=C/c1ccccc1)NCC(=O)Nc1cccc(OC2CCCC2)c1. The van der Waals surface area contributed by atoms with E-state index in [1.165, 1.54) is 18.9 Å². The van der Waals surface area contributed by atoms with Crippen LogP contribution >= 0.6 is 0 Å². The minimum absolute atomic E-state index is 0.0916. The van der Waals surface area contributed by atoms with Crippen LogP contribution in [0.1, 0.15) is 31.2 Å². The average Bonchev–Trinajstić information content (AvgIpc) is 3.19. The summed E-state index contributed by atoms with van der Waals surface area (Å²) in [6.07, 6.45) is 7.97. The van der Waals surface area contributed by atoms with Crippen LogP contribution in [0, 0.1) is 0 Å². The molecule has 0 aromatic heterocycles. The third-order valence-electron chi connectivity index (χ3n) is 4.37. The van der Waals surface area contributed by atoms with Gasteiger partial charge in [-0.05, 0) is 49.5 Å². The molecule has 0 unspecified atom stereocenters. The standard InChI is InChI=1S/C22H24N2O3/c25-21(14-13-17-7-2-1-3-8-17)23-16-22(26)24-18-9-6-12-20(15-18)27-19-10-4-5-11-19/h1-3,6-9,12-15,19H,4-5,10-11,16H2,(H,23,25)(H,24,26)/b14-13+. The molecule has 5 nitrogen and oxygen atoms in total. The van der Waals surface area contributed by atoms with Crippen LogP contribution in [0.15, 0.2) is 60.7 Å². The Bertz CT molecular complexity index is 796. The molecule has 27 heavy (non-hydrogen) atoms. The number of rotatable bonds is 7. The molecule has 1 fully saturated rings. The normalized spacial score (nSPS) is 14.2. The van der Waals surface area contributed by atoms with Gasteiger partial charge in [0.2, 0.25) is 11.8 Å². The predicted octanol–water partition coefficient (Wildman–Crippen LogP) is 3.78. The van der Waals surface area contributed by atoms with E-state index in [4.69, 9.17) is 4.74 Å². The Kier molecular flexibility index (Phi) is 6.63. The van der Waals surface area contributed by atoms with Crippen LogP contribution in [0.25, 0.3) is 6.08 Å². The average molecular weight is 364 g/mol. The van der Waals surface area contributed by atoms with E-state index in [1.807, 2.05) is 48.5 Å². The summed E-state index contributed by atoms with van der Waals surface area (Å²) in [5.74, 6) is 0.163. The molecule has 0 atom stereocenters. The molecule has 5 heteroatoms. The first-order chi connectivity index (χ1) is 13.2. The number of anilines is 1. The molecule has 0 saturated heterocycles. The number of hydrogen-bond acceptors (Lipinski definition) is 3. The Hall–Kier alpha value is -3.08. The van der Waals surface area contributed by atoms with E-state index in [0.29, 0.717) is 5.69 Å². The van der Waals surface area contributed by atoms with Crippen molar-refractivity contribution in [2.24, 2.45) is 0 Å². The van der Waals surface area contributed by atoms with Gasteiger partial charge in [-0.3, -0.25) is 9.59 Å². The Morgan fingerprint density at radius 3 is 2.59 bits per heavy atom. The van der Waals surface area contributed by atoms with Gasteiger partial charge in [-0.1, -0.05) is 36.4 Å². The summed E-state index contributed by atoms with van der Waals surface area (Å²) in [7, 11) is 0. The van der Waals surface area contributed by atoms with Crippen molar-refractivity contribution in [1.29, 1.82) is 0 Å². The number of amides is 2. The molecule has 1 saturated carbocycles. The second kappa shape index (κ2) is 9.57. The molecular formula is C22H24N2O3. The molecule has 0 aliphatic heterocycles. The Labute approximate surface area is 159 Å². The van der Waals surface area contributed by atoms with Crippen molar-refractivity contribution >= 4 is 23.6 Å². The highest BCUT2D eigenvalue weighted by Crippen LogP contribution is 2.25. The van der Waals surface area contributed by atoms with Gasteiger partial charge in [0.25, 0.3) is 0 Å². The molecule has 0 heterocycles. The maximum atomic E-state index is 12.1. The number of benzene rings is 2. The molecule has 0 radical (unpaired) electrons. The Morgan fingerprint density at radius 1 is 1.04 bits per heavy atom. The van der Waals surface area contributed by atoms with Gasteiger partial charge in [-0.25, -0.2) is 0 Å². The zero-order chi connectivity index (χ0) is 18.9. The molecule has 0 bridgehead atoms. The van der Waals surface area contributed by atoms with Gasteiger partial charge in [0.05, 0.1) is 12.6 Å². The van der Waals surface area contributed by atoms with Gasteiger partial charge in [0.1, 0.15) is 5.75 Å². The third-order valence-corrected chi connectivity index (χ3v) is 4.37. The summed E-state index contributed by atoms with van der Waals surface area (Å²) in [5.41, 5.74) is 1.58. The van der Waals surface area contributed by atoms with Gasteiger partial charge in [0.15, 0.2) is 0 Å². The second-order valence-corrected chi connectivity index (χ2v) is 6.56. The zero-order valence-corrected chi connectivity index (χ0v) is 15.2. The van der Waals surface area contributed by atoms with E-state index in [9.17, 15) is 9.59 Å². The van der Waals surface area contributed by atoms with Crippen LogP contribution in [-0.2, 0) is 9.59 Å². The van der Waals surface area contributed by atoms with Crippen molar-refractivity contribution in [3.63, 3.8) is 0 Å². The molecule has 3 rings (SSSR count). The topological polar surface area (TPSA) is 67.4 Å². The van der Waals surface area contributed by atoms with E-state index in [0.717, 1.165) is 24.2 Å². The lowest BCUT2D eigenvalue weighted by Gasteiger charge is -2.14. The van der Waals surface area contributed by atoms with Gasteiger partial charge < -0.3 is 15.4 Å². The first-order valence-electron chi connectivity index (χ1n) is 9.26. The predicted molar refractivity (Wildman–Crippen MR) is 106 cm³/mol. The van der Waals surface area contributed by atoms with E-state index >= 15 is 0 Å². The molecule has 1 aliphatic carbocycles. The molecule has 2 N–H and O–H groups in total. The van der Waals surface area contributed by atoms with Gasteiger partial charge in [-0.2, -0.15) is 0 Å². The lowest BCUT2D eigenvalue weighted by molar-refractivity contribution is -0.121. The molecule has 140 valence electrons. The van der Waals surface area contributed by atoms with Gasteiger partial charge in [0, 0.05) is 17.8 Å². The highest BCUT2D eigenvalue weighted by molar-refractivity contribution is 5.98. The first kappa shape index (κ1) is 18.7. The number of carbonyl (C=O) groups is 2. The third kappa shape index (κ3) is 6.29. The molecule has 2 aromatic rings. The van der Waals surface area contributed by atoms with E-state index in [2.05, 4.69) is 10.6 Å². The molecule has 0 spiro atoms. The minimum atomic E-state index is -0.313. The number of ether oxygens (including phenoxy) is 1. The first-order valence-corrected chi connectivity index (χ1v) is 9.26. The van der Waals surface area contributed by atoms with Crippen molar-refractivity contribution < 1.29 is 14.3 Å². The molecule has 1 aliphatic rings. The fourth-order valence-electron chi connectivity index (χ4n) is 3.01. The fraction of sp³-hybridized carbons (Fsp3) is 0.273. The van der Waals surface area contributed by atoms with Crippen LogP contribution in [-0.4, -0.2) is 24.5 Å². The Morgan fingerprint density at radius 2 is 1.81 bits per heavy atom. The van der Waals surface area contributed by atoms with Crippen LogP contribution in [0.5, 0.6) is 5.75 Å². The minimum Gasteiger partial charge on any atom is -0.490 e. The summed E-state index contributed by atoms with van der Waals surface area (Å²) in [6.45, 7) is -0.0916.